The Morgan fingerprint density at radius 1 is 0.824 bits per heavy atom. The molecule has 0 bridgehead atoms. The molecule has 34 heavy (non-hydrogen) atoms. The van der Waals surface area contributed by atoms with Crippen molar-refractivity contribution >= 4 is 51.3 Å². The molecule has 0 spiro atoms. The van der Waals surface area contributed by atoms with Crippen LogP contribution in [0.3, 0.4) is 0 Å². The number of rotatable bonds is 8. The SMILES string of the molecule is CC(C)C(=O)Nc1ccc(NCc2c(OCc3c(Cl)cccc3Cl)ccc3ccccc23)cc1. The average molecular weight is 493 g/mol. The first kappa shape index (κ1) is 23.9. The highest BCUT2D eigenvalue weighted by molar-refractivity contribution is 6.35. The molecule has 4 aromatic carbocycles. The summed E-state index contributed by atoms with van der Waals surface area (Å²) >= 11 is 12.7. The number of hydrogen-bond donors (Lipinski definition) is 2. The fourth-order valence-electron chi connectivity index (χ4n) is 3.60. The lowest BCUT2D eigenvalue weighted by molar-refractivity contribution is -0.118. The van der Waals surface area contributed by atoms with Gasteiger partial charge in [-0.05, 0) is 53.2 Å². The van der Waals surface area contributed by atoms with Gasteiger partial charge in [0, 0.05) is 45.0 Å². The third kappa shape index (κ3) is 5.64. The molecule has 0 heterocycles. The maximum atomic E-state index is 11.9. The Balaban J connectivity index is 1.54. The first-order chi connectivity index (χ1) is 16.4. The van der Waals surface area contributed by atoms with E-state index in [9.17, 15) is 4.79 Å². The van der Waals surface area contributed by atoms with Gasteiger partial charge >= 0.3 is 0 Å². The second-order valence-corrected chi connectivity index (χ2v) is 9.14. The van der Waals surface area contributed by atoms with Crippen LogP contribution in [0.2, 0.25) is 10.0 Å². The van der Waals surface area contributed by atoms with Gasteiger partial charge in [-0.3, -0.25) is 4.79 Å². The second-order valence-electron chi connectivity index (χ2n) is 8.33. The number of halogens is 2. The van der Waals surface area contributed by atoms with Crippen molar-refractivity contribution in [3.63, 3.8) is 0 Å². The molecule has 0 unspecified atom stereocenters. The molecule has 2 N–H and O–H groups in total. The van der Waals surface area contributed by atoms with Crippen molar-refractivity contribution in [1.82, 2.24) is 0 Å². The van der Waals surface area contributed by atoms with Gasteiger partial charge in [-0.1, -0.05) is 73.4 Å². The quantitative estimate of drug-likeness (QED) is 0.262. The number of anilines is 2. The van der Waals surface area contributed by atoms with Gasteiger partial charge in [0.2, 0.25) is 5.91 Å². The smallest absolute Gasteiger partial charge is 0.226 e. The molecule has 0 atom stereocenters. The summed E-state index contributed by atoms with van der Waals surface area (Å²) in [6, 6.07) is 25.4. The number of carbonyl (C=O) groups excluding carboxylic acids is 1. The predicted molar refractivity (Wildman–Crippen MR) is 142 cm³/mol. The van der Waals surface area contributed by atoms with Crippen molar-refractivity contribution in [2.75, 3.05) is 10.6 Å². The van der Waals surface area contributed by atoms with Gasteiger partial charge in [0.15, 0.2) is 0 Å². The van der Waals surface area contributed by atoms with Gasteiger partial charge in [0.05, 0.1) is 0 Å². The molecule has 6 heteroatoms. The van der Waals surface area contributed by atoms with Crippen molar-refractivity contribution in [3.8, 4) is 5.75 Å². The number of ether oxygens (including phenoxy) is 1. The highest BCUT2D eigenvalue weighted by atomic mass is 35.5. The Labute approximate surface area is 209 Å². The minimum absolute atomic E-state index is 0.00289. The molecule has 0 aliphatic rings. The molecular weight excluding hydrogens is 467 g/mol. The van der Waals surface area contributed by atoms with Crippen molar-refractivity contribution in [2.45, 2.75) is 27.0 Å². The van der Waals surface area contributed by atoms with Crippen LogP contribution < -0.4 is 15.4 Å². The summed E-state index contributed by atoms with van der Waals surface area (Å²) in [6.07, 6.45) is 0. The maximum absolute atomic E-state index is 11.9. The summed E-state index contributed by atoms with van der Waals surface area (Å²) in [7, 11) is 0. The van der Waals surface area contributed by atoms with E-state index in [1.54, 1.807) is 0 Å². The molecule has 4 rings (SSSR count). The summed E-state index contributed by atoms with van der Waals surface area (Å²) in [5.74, 6) is 0.697. The van der Waals surface area contributed by atoms with E-state index in [-0.39, 0.29) is 18.4 Å². The van der Waals surface area contributed by atoms with E-state index in [2.05, 4.69) is 28.8 Å². The van der Waals surface area contributed by atoms with E-state index in [4.69, 9.17) is 27.9 Å². The highest BCUT2D eigenvalue weighted by Gasteiger charge is 2.12. The van der Waals surface area contributed by atoms with Crippen LogP contribution in [-0.2, 0) is 17.9 Å². The number of hydrogen-bond acceptors (Lipinski definition) is 3. The molecule has 4 aromatic rings. The Bertz CT molecular complexity index is 1280. The van der Waals surface area contributed by atoms with Crippen LogP contribution in [0.1, 0.15) is 25.0 Å². The summed E-state index contributed by atoms with van der Waals surface area (Å²) in [5.41, 5.74) is 3.51. The lowest BCUT2D eigenvalue weighted by atomic mass is 10.0. The van der Waals surface area contributed by atoms with Crippen molar-refractivity contribution in [3.05, 3.63) is 100 Å². The third-order valence-electron chi connectivity index (χ3n) is 5.58. The predicted octanol–water partition coefficient (Wildman–Crippen LogP) is 7.93. The number of benzene rings is 4. The van der Waals surface area contributed by atoms with Crippen LogP contribution in [0.25, 0.3) is 10.8 Å². The first-order valence-corrected chi connectivity index (χ1v) is 11.9. The molecule has 0 saturated heterocycles. The van der Waals surface area contributed by atoms with Gasteiger partial charge < -0.3 is 15.4 Å². The Hall–Kier alpha value is -3.21. The third-order valence-corrected chi connectivity index (χ3v) is 6.29. The summed E-state index contributed by atoms with van der Waals surface area (Å²) in [4.78, 5) is 11.9. The fourth-order valence-corrected chi connectivity index (χ4v) is 4.11. The molecular formula is C28H26Cl2N2O2. The second kappa shape index (κ2) is 10.8. The van der Waals surface area contributed by atoms with Crippen LogP contribution >= 0.6 is 23.2 Å². The van der Waals surface area contributed by atoms with Gasteiger partial charge in [-0.25, -0.2) is 0 Å². The van der Waals surface area contributed by atoms with Crippen molar-refractivity contribution in [1.29, 1.82) is 0 Å². The number of nitrogens with one attached hydrogen (secondary N) is 2. The molecule has 1 amide bonds. The molecule has 0 aromatic heterocycles. The van der Waals surface area contributed by atoms with E-state index >= 15 is 0 Å². The van der Waals surface area contributed by atoms with Crippen LogP contribution in [0.5, 0.6) is 5.75 Å². The van der Waals surface area contributed by atoms with E-state index < -0.39 is 0 Å². The highest BCUT2D eigenvalue weighted by Crippen LogP contribution is 2.32. The molecule has 4 nitrogen and oxygen atoms in total. The van der Waals surface area contributed by atoms with Crippen LogP contribution in [0.4, 0.5) is 11.4 Å². The van der Waals surface area contributed by atoms with E-state index in [0.29, 0.717) is 16.6 Å². The minimum atomic E-state index is -0.0665. The molecule has 0 aliphatic carbocycles. The molecule has 0 radical (unpaired) electrons. The molecule has 174 valence electrons. The standard InChI is InChI=1S/C28H26Cl2N2O2/c1-18(2)28(33)32-21-13-11-20(12-14-21)31-16-23-22-7-4-3-6-19(22)10-15-27(23)34-17-24-25(29)8-5-9-26(24)30/h3-15,18,31H,16-17H2,1-2H3,(H,32,33). The minimum Gasteiger partial charge on any atom is -0.488 e. The monoisotopic (exact) mass is 492 g/mol. The van der Waals surface area contributed by atoms with E-state index in [1.807, 2.05) is 74.5 Å². The van der Waals surface area contributed by atoms with Crippen molar-refractivity contribution in [2.24, 2.45) is 5.92 Å². The first-order valence-electron chi connectivity index (χ1n) is 11.1. The zero-order valence-electron chi connectivity index (χ0n) is 19.1. The summed E-state index contributed by atoms with van der Waals surface area (Å²) < 4.78 is 6.21. The number of amides is 1. The normalized spacial score (nSPS) is 11.0. The fraction of sp³-hybridized carbons (Fsp3) is 0.179. The summed E-state index contributed by atoms with van der Waals surface area (Å²) in [5, 5.41) is 9.79. The van der Waals surface area contributed by atoms with E-state index in [1.165, 1.54) is 0 Å². The number of carbonyl (C=O) groups is 1. The zero-order chi connectivity index (χ0) is 24.1. The Morgan fingerprint density at radius 3 is 2.21 bits per heavy atom. The van der Waals surface area contributed by atoms with Crippen LogP contribution in [0.15, 0.2) is 78.9 Å². The average Bonchev–Trinajstić information content (AvgIpc) is 2.83. The summed E-state index contributed by atoms with van der Waals surface area (Å²) in [6.45, 7) is 4.57. The van der Waals surface area contributed by atoms with Gasteiger partial charge in [-0.15, -0.1) is 0 Å². The van der Waals surface area contributed by atoms with Gasteiger partial charge in [0.25, 0.3) is 0 Å². The topological polar surface area (TPSA) is 50.4 Å². The van der Waals surface area contributed by atoms with Crippen LogP contribution in [0, 0.1) is 5.92 Å². The van der Waals surface area contributed by atoms with E-state index in [0.717, 1.165) is 39.0 Å². The number of fused-ring (bicyclic) bond motifs is 1. The maximum Gasteiger partial charge on any atom is 0.226 e. The Kier molecular flexibility index (Phi) is 7.61. The lowest BCUT2D eigenvalue weighted by Gasteiger charge is -2.17. The van der Waals surface area contributed by atoms with Crippen molar-refractivity contribution < 1.29 is 9.53 Å². The molecule has 0 saturated carbocycles. The Morgan fingerprint density at radius 2 is 1.50 bits per heavy atom. The molecule has 0 aliphatic heterocycles. The zero-order valence-corrected chi connectivity index (χ0v) is 20.6. The largest absolute Gasteiger partial charge is 0.488 e. The lowest BCUT2D eigenvalue weighted by Crippen LogP contribution is -2.17. The molecule has 0 fully saturated rings. The van der Waals surface area contributed by atoms with Crippen LogP contribution in [-0.4, -0.2) is 5.91 Å². The van der Waals surface area contributed by atoms with Gasteiger partial charge in [-0.2, -0.15) is 0 Å². The van der Waals surface area contributed by atoms with Gasteiger partial charge in [0.1, 0.15) is 12.4 Å².